The molecular formula is C21H26ClNO4. The molecule has 0 bridgehead atoms. The Morgan fingerprint density at radius 3 is 2.41 bits per heavy atom. The first-order valence-electron chi connectivity index (χ1n) is 9.06. The smallest absolute Gasteiger partial charge is 0.336 e. The molecule has 1 unspecified atom stereocenters. The number of carboxylic acids is 1. The van der Waals surface area contributed by atoms with E-state index in [-0.39, 0.29) is 18.1 Å². The SMILES string of the molecule is CC1=C(C(=O)O)C(C(C)C)C(C(=O)OCCCc2ccccc2Cl)=C(C)N1. The van der Waals surface area contributed by atoms with E-state index < -0.39 is 17.9 Å². The predicted molar refractivity (Wildman–Crippen MR) is 105 cm³/mol. The van der Waals surface area contributed by atoms with Crippen LogP contribution in [0.15, 0.2) is 46.8 Å². The molecule has 27 heavy (non-hydrogen) atoms. The minimum absolute atomic E-state index is 0.0474. The number of aryl methyl sites for hydroxylation is 1. The second kappa shape index (κ2) is 9.09. The average molecular weight is 392 g/mol. The number of hydrogen-bond donors (Lipinski definition) is 2. The van der Waals surface area contributed by atoms with Gasteiger partial charge >= 0.3 is 11.9 Å². The number of nitrogens with one attached hydrogen (secondary N) is 1. The van der Waals surface area contributed by atoms with Crippen LogP contribution in [0.5, 0.6) is 0 Å². The Hall–Kier alpha value is -2.27. The summed E-state index contributed by atoms with van der Waals surface area (Å²) in [7, 11) is 0. The highest BCUT2D eigenvalue weighted by atomic mass is 35.5. The molecule has 2 N–H and O–H groups in total. The molecule has 146 valence electrons. The molecule has 1 aromatic carbocycles. The summed E-state index contributed by atoms with van der Waals surface area (Å²) in [5.41, 5.74) is 2.84. The first kappa shape index (κ1) is 21.0. The number of hydrogen-bond acceptors (Lipinski definition) is 4. The number of benzene rings is 1. The summed E-state index contributed by atoms with van der Waals surface area (Å²) < 4.78 is 5.46. The van der Waals surface area contributed by atoms with Crippen LogP contribution >= 0.6 is 11.6 Å². The topological polar surface area (TPSA) is 75.6 Å². The van der Waals surface area contributed by atoms with Crippen LogP contribution < -0.4 is 5.32 Å². The molecule has 1 atom stereocenters. The Kier molecular flexibility index (Phi) is 7.08. The lowest BCUT2D eigenvalue weighted by molar-refractivity contribution is -0.140. The Labute approximate surface area is 165 Å². The Morgan fingerprint density at radius 2 is 1.81 bits per heavy atom. The van der Waals surface area contributed by atoms with E-state index in [9.17, 15) is 14.7 Å². The van der Waals surface area contributed by atoms with Gasteiger partial charge in [0.2, 0.25) is 0 Å². The maximum atomic E-state index is 12.7. The largest absolute Gasteiger partial charge is 0.478 e. The third kappa shape index (κ3) is 4.92. The highest BCUT2D eigenvalue weighted by Crippen LogP contribution is 2.35. The number of carbonyl (C=O) groups excluding carboxylic acids is 1. The summed E-state index contributed by atoms with van der Waals surface area (Å²) in [6.45, 7) is 7.55. The molecule has 0 aliphatic carbocycles. The molecule has 0 saturated heterocycles. The number of halogens is 1. The minimum atomic E-state index is -1.02. The minimum Gasteiger partial charge on any atom is -0.478 e. The van der Waals surface area contributed by atoms with E-state index in [1.165, 1.54) is 0 Å². The monoisotopic (exact) mass is 391 g/mol. The third-order valence-corrected chi connectivity index (χ3v) is 5.07. The van der Waals surface area contributed by atoms with E-state index in [1.807, 2.05) is 38.1 Å². The zero-order valence-corrected chi connectivity index (χ0v) is 16.9. The number of esters is 1. The average Bonchev–Trinajstić information content (AvgIpc) is 2.58. The first-order chi connectivity index (χ1) is 12.7. The summed E-state index contributed by atoms with van der Waals surface area (Å²) >= 11 is 6.14. The molecule has 5 nitrogen and oxygen atoms in total. The van der Waals surface area contributed by atoms with Crippen LogP contribution in [0.25, 0.3) is 0 Å². The van der Waals surface area contributed by atoms with Gasteiger partial charge < -0.3 is 15.2 Å². The van der Waals surface area contributed by atoms with Crippen molar-refractivity contribution in [1.29, 1.82) is 0 Å². The number of carboxylic acid groups (broad SMARTS) is 1. The van der Waals surface area contributed by atoms with Gasteiger partial charge in [-0.3, -0.25) is 0 Å². The normalized spacial score (nSPS) is 17.2. The second-order valence-electron chi connectivity index (χ2n) is 7.06. The summed E-state index contributed by atoms with van der Waals surface area (Å²) in [4.78, 5) is 24.4. The van der Waals surface area contributed by atoms with E-state index in [4.69, 9.17) is 16.3 Å². The Morgan fingerprint density at radius 1 is 1.19 bits per heavy atom. The Balaban J connectivity index is 2.06. The number of rotatable bonds is 7. The van der Waals surface area contributed by atoms with Crippen molar-refractivity contribution in [3.63, 3.8) is 0 Å². The molecule has 0 spiro atoms. The summed E-state index contributed by atoms with van der Waals surface area (Å²) in [6.07, 6.45) is 1.35. The maximum Gasteiger partial charge on any atom is 0.336 e. The van der Waals surface area contributed by atoms with E-state index in [1.54, 1.807) is 13.8 Å². The molecule has 0 saturated carbocycles. The van der Waals surface area contributed by atoms with Gasteiger partial charge in [-0.2, -0.15) is 0 Å². The second-order valence-corrected chi connectivity index (χ2v) is 7.47. The first-order valence-corrected chi connectivity index (χ1v) is 9.44. The third-order valence-electron chi connectivity index (χ3n) is 4.70. The highest BCUT2D eigenvalue weighted by Gasteiger charge is 2.37. The van der Waals surface area contributed by atoms with E-state index >= 15 is 0 Å². The van der Waals surface area contributed by atoms with E-state index in [0.29, 0.717) is 34.8 Å². The standard InChI is InChI=1S/C21H26ClNO4/c1-12(2)17-18(20(24)25)13(3)23-14(4)19(17)21(26)27-11-7-9-15-8-5-6-10-16(15)22/h5-6,8,10,12,17,23H,7,9,11H2,1-4H3,(H,24,25). The number of ether oxygens (including phenoxy) is 1. The molecule has 0 amide bonds. The zero-order chi connectivity index (χ0) is 20.1. The molecule has 1 aliphatic heterocycles. The van der Waals surface area contributed by atoms with Gasteiger partial charge in [-0.25, -0.2) is 9.59 Å². The number of aliphatic carboxylic acids is 1. The van der Waals surface area contributed by atoms with Crippen molar-refractivity contribution in [3.05, 3.63) is 57.4 Å². The lowest BCUT2D eigenvalue weighted by atomic mass is 9.78. The molecule has 6 heteroatoms. The lowest BCUT2D eigenvalue weighted by Crippen LogP contribution is -2.35. The summed E-state index contributed by atoms with van der Waals surface area (Å²) in [5, 5.41) is 13.3. The van der Waals surface area contributed by atoms with Gasteiger partial charge in [-0.1, -0.05) is 43.6 Å². The molecule has 0 aromatic heterocycles. The van der Waals surface area contributed by atoms with Crippen molar-refractivity contribution in [2.45, 2.75) is 40.5 Å². The van der Waals surface area contributed by atoms with Gasteiger partial charge in [0.15, 0.2) is 0 Å². The van der Waals surface area contributed by atoms with E-state index in [0.717, 1.165) is 5.56 Å². The van der Waals surface area contributed by atoms with Gasteiger partial charge in [-0.05, 0) is 44.2 Å². The van der Waals surface area contributed by atoms with Gasteiger partial charge in [-0.15, -0.1) is 0 Å². The van der Waals surface area contributed by atoms with Crippen LogP contribution in [0.3, 0.4) is 0 Å². The molecule has 1 heterocycles. The quantitative estimate of drug-likeness (QED) is 0.534. The van der Waals surface area contributed by atoms with Crippen molar-refractivity contribution in [3.8, 4) is 0 Å². The molecule has 0 fully saturated rings. The van der Waals surface area contributed by atoms with Gasteiger partial charge in [0, 0.05) is 22.3 Å². The van der Waals surface area contributed by atoms with Crippen molar-refractivity contribution >= 4 is 23.5 Å². The van der Waals surface area contributed by atoms with Crippen molar-refractivity contribution in [2.24, 2.45) is 11.8 Å². The fraction of sp³-hybridized carbons (Fsp3) is 0.429. The molecule has 1 aromatic rings. The van der Waals surface area contributed by atoms with Crippen LogP contribution in [0.2, 0.25) is 5.02 Å². The summed E-state index contributed by atoms with van der Waals surface area (Å²) in [5.74, 6) is -2.03. The fourth-order valence-corrected chi connectivity index (χ4v) is 3.70. The van der Waals surface area contributed by atoms with Gasteiger partial charge in [0.25, 0.3) is 0 Å². The number of allylic oxidation sites excluding steroid dienone is 2. The maximum absolute atomic E-state index is 12.7. The molecule has 1 aliphatic rings. The van der Waals surface area contributed by atoms with E-state index in [2.05, 4.69) is 5.32 Å². The van der Waals surface area contributed by atoms with Crippen LogP contribution in [0.1, 0.15) is 39.7 Å². The molecular weight excluding hydrogens is 366 g/mol. The zero-order valence-electron chi connectivity index (χ0n) is 16.1. The predicted octanol–water partition coefficient (Wildman–Crippen LogP) is 4.32. The summed E-state index contributed by atoms with van der Waals surface area (Å²) in [6, 6.07) is 7.58. The van der Waals surface area contributed by atoms with Crippen LogP contribution in [0, 0.1) is 11.8 Å². The van der Waals surface area contributed by atoms with Crippen molar-refractivity contribution < 1.29 is 19.4 Å². The molecule has 0 radical (unpaired) electrons. The van der Waals surface area contributed by atoms with Gasteiger partial charge in [0.05, 0.1) is 17.8 Å². The van der Waals surface area contributed by atoms with Crippen molar-refractivity contribution in [1.82, 2.24) is 5.32 Å². The fourth-order valence-electron chi connectivity index (χ4n) is 3.47. The van der Waals surface area contributed by atoms with Crippen LogP contribution in [-0.2, 0) is 20.7 Å². The Bertz CT molecular complexity index is 795. The number of carbonyl (C=O) groups is 2. The van der Waals surface area contributed by atoms with Crippen LogP contribution in [-0.4, -0.2) is 23.7 Å². The number of dihydropyridines is 1. The van der Waals surface area contributed by atoms with Crippen LogP contribution in [0.4, 0.5) is 0 Å². The molecule has 2 rings (SSSR count). The van der Waals surface area contributed by atoms with Gasteiger partial charge in [0.1, 0.15) is 0 Å². The lowest BCUT2D eigenvalue weighted by Gasteiger charge is -2.31. The highest BCUT2D eigenvalue weighted by molar-refractivity contribution is 6.31. The van der Waals surface area contributed by atoms with Crippen molar-refractivity contribution in [2.75, 3.05) is 6.61 Å².